The van der Waals surface area contributed by atoms with Crippen LogP contribution in [-0.4, -0.2) is 50.6 Å². The molecule has 2 fully saturated rings. The highest BCUT2D eigenvalue weighted by atomic mass is 32.1. The van der Waals surface area contributed by atoms with Gasteiger partial charge in [-0.05, 0) is 31.2 Å². The number of hydrogen-bond donors (Lipinski definition) is 3. The molecule has 2 aromatic heterocycles. The van der Waals surface area contributed by atoms with Gasteiger partial charge in [0.1, 0.15) is 11.2 Å². The van der Waals surface area contributed by atoms with E-state index in [1.807, 2.05) is 41.8 Å². The summed E-state index contributed by atoms with van der Waals surface area (Å²) >= 11 is 1.51. The van der Waals surface area contributed by atoms with Crippen LogP contribution in [-0.2, 0) is 0 Å². The summed E-state index contributed by atoms with van der Waals surface area (Å²) in [5.74, 6) is 3.36. The van der Waals surface area contributed by atoms with E-state index in [4.69, 9.17) is 6.42 Å². The van der Waals surface area contributed by atoms with E-state index in [-0.39, 0.29) is 17.9 Å². The molecule has 0 unspecified atom stereocenters. The van der Waals surface area contributed by atoms with Crippen molar-refractivity contribution in [2.75, 3.05) is 18.4 Å². The number of H-pyrrole nitrogens is 1. The minimum absolute atomic E-state index is 0.161. The number of urea groups is 1. The van der Waals surface area contributed by atoms with Gasteiger partial charge in [0.2, 0.25) is 0 Å². The van der Waals surface area contributed by atoms with Crippen molar-refractivity contribution in [3.8, 4) is 23.6 Å². The molecule has 3 heterocycles. The first kappa shape index (κ1) is 24.1. The van der Waals surface area contributed by atoms with Gasteiger partial charge >= 0.3 is 6.03 Å². The normalized spacial score (nSPS) is 17.8. The van der Waals surface area contributed by atoms with E-state index < -0.39 is 5.54 Å². The van der Waals surface area contributed by atoms with E-state index in [2.05, 4.69) is 31.7 Å². The molecule has 3 aromatic rings. The molecule has 3 amide bonds. The number of likely N-dealkylation sites (tertiary alicyclic amines) is 1. The first-order valence-electron chi connectivity index (χ1n) is 12.5. The molecule has 8 nitrogen and oxygen atoms in total. The fourth-order valence-corrected chi connectivity index (χ4v) is 5.96. The zero-order chi connectivity index (χ0) is 25.0. The van der Waals surface area contributed by atoms with Crippen LogP contribution in [0, 0.1) is 12.3 Å². The molecule has 1 aliphatic carbocycles. The number of terminal acetylenes is 1. The summed E-state index contributed by atoms with van der Waals surface area (Å²) in [7, 11) is 0. The topological polar surface area (TPSA) is 103 Å². The van der Waals surface area contributed by atoms with E-state index in [0.29, 0.717) is 24.6 Å². The number of aromatic nitrogens is 3. The number of anilines is 1. The number of carbonyl (C=O) groups is 2. The summed E-state index contributed by atoms with van der Waals surface area (Å²) in [4.78, 5) is 32.1. The Morgan fingerprint density at radius 3 is 2.61 bits per heavy atom. The van der Waals surface area contributed by atoms with Gasteiger partial charge in [-0.3, -0.25) is 15.2 Å². The summed E-state index contributed by atoms with van der Waals surface area (Å²) in [6.45, 7) is 1.24. The minimum atomic E-state index is -0.548. The molecule has 9 heteroatoms. The summed E-state index contributed by atoms with van der Waals surface area (Å²) in [5.41, 5.74) is 1.75. The number of nitrogens with one attached hydrogen (secondary N) is 3. The van der Waals surface area contributed by atoms with Crippen LogP contribution in [0.15, 0.2) is 41.8 Å². The molecular formula is C27H30N6O2S. The Hall–Kier alpha value is -3.64. The maximum atomic E-state index is 12.8. The van der Waals surface area contributed by atoms with Crippen molar-refractivity contribution >= 4 is 29.1 Å². The Balaban J connectivity index is 1.13. The first-order valence-corrected chi connectivity index (χ1v) is 13.4. The van der Waals surface area contributed by atoms with E-state index in [9.17, 15) is 9.59 Å². The van der Waals surface area contributed by atoms with Crippen molar-refractivity contribution in [2.45, 2.75) is 56.4 Å². The second kappa shape index (κ2) is 10.5. The Morgan fingerprint density at radius 1 is 1.14 bits per heavy atom. The lowest BCUT2D eigenvalue weighted by Gasteiger charge is -2.33. The molecule has 186 valence electrons. The number of carbonyl (C=O) groups excluding carboxylic acids is 2. The maximum absolute atomic E-state index is 12.8. The van der Waals surface area contributed by atoms with Gasteiger partial charge in [0.05, 0.1) is 10.7 Å². The Morgan fingerprint density at radius 2 is 1.89 bits per heavy atom. The summed E-state index contributed by atoms with van der Waals surface area (Å²) in [6.07, 6.45) is 12.2. The number of hydrogen-bond acceptors (Lipinski definition) is 5. The molecule has 36 heavy (non-hydrogen) atoms. The average molecular weight is 503 g/mol. The number of thiazole rings is 1. The predicted molar refractivity (Wildman–Crippen MR) is 141 cm³/mol. The second-order valence-electron chi connectivity index (χ2n) is 9.54. The molecule has 1 saturated heterocycles. The molecule has 3 N–H and O–H groups in total. The highest BCUT2D eigenvalue weighted by Crippen LogP contribution is 2.32. The maximum Gasteiger partial charge on any atom is 0.323 e. The standard InChI is InChI=1S/C27H30N6O2S/c1-2-27(13-7-4-8-14-27)30-24(34)22-18-36-25(28-22)20-11-15-33(16-12-20)26(35)29-23-17-21(31-32-23)19-9-5-3-6-10-19/h1,3,5-6,9-10,17-18,20H,4,7-8,11-16H2,(H,30,34)(H2,29,31,32,35). The van der Waals surface area contributed by atoms with Crippen molar-refractivity contribution in [3.05, 3.63) is 52.5 Å². The minimum Gasteiger partial charge on any atom is -0.334 e. The fraction of sp³-hybridized carbons (Fsp3) is 0.407. The van der Waals surface area contributed by atoms with Gasteiger partial charge in [0, 0.05) is 30.5 Å². The number of amides is 3. The number of benzene rings is 1. The van der Waals surface area contributed by atoms with E-state index in [1.54, 1.807) is 4.90 Å². The second-order valence-corrected chi connectivity index (χ2v) is 10.4. The lowest BCUT2D eigenvalue weighted by atomic mass is 9.82. The van der Waals surface area contributed by atoms with E-state index in [0.717, 1.165) is 61.2 Å². The molecule has 5 rings (SSSR count). The van der Waals surface area contributed by atoms with Gasteiger partial charge in [-0.15, -0.1) is 17.8 Å². The van der Waals surface area contributed by atoms with Crippen molar-refractivity contribution in [1.82, 2.24) is 25.4 Å². The van der Waals surface area contributed by atoms with Gasteiger partial charge in [-0.2, -0.15) is 5.10 Å². The van der Waals surface area contributed by atoms with E-state index in [1.165, 1.54) is 11.3 Å². The summed E-state index contributed by atoms with van der Waals surface area (Å²) < 4.78 is 0. The lowest BCUT2D eigenvalue weighted by Crippen LogP contribution is -2.48. The van der Waals surface area contributed by atoms with Gasteiger partial charge in [-0.1, -0.05) is 55.5 Å². The number of piperidine rings is 1. The lowest BCUT2D eigenvalue weighted by molar-refractivity contribution is 0.0899. The molecule has 2 aliphatic rings. The number of nitrogens with zero attached hydrogens (tertiary/aromatic N) is 3. The summed E-state index contributed by atoms with van der Waals surface area (Å²) in [5, 5.41) is 15.9. The molecule has 1 saturated carbocycles. The largest absolute Gasteiger partial charge is 0.334 e. The highest BCUT2D eigenvalue weighted by Gasteiger charge is 2.33. The molecule has 0 radical (unpaired) electrons. The van der Waals surface area contributed by atoms with Crippen molar-refractivity contribution in [3.63, 3.8) is 0 Å². The Labute approximate surface area is 214 Å². The van der Waals surface area contributed by atoms with Gasteiger partial charge in [-0.25, -0.2) is 9.78 Å². The summed E-state index contributed by atoms with van der Waals surface area (Å²) in [6, 6.07) is 11.5. The zero-order valence-corrected chi connectivity index (χ0v) is 20.9. The third-order valence-corrected chi connectivity index (χ3v) is 8.13. The van der Waals surface area contributed by atoms with Crippen LogP contribution < -0.4 is 10.6 Å². The third kappa shape index (κ3) is 5.29. The third-order valence-electron chi connectivity index (χ3n) is 7.12. The van der Waals surface area contributed by atoms with Gasteiger partial charge in [0.15, 0.2) is 5.82 Å². The van der Waals surface area contributed by atoms with Crippen LogP contribution in [0.1, 0.15) is 66.4 Å². The Kier molecular flexibility index (Phi) is 7.05. The van der Waals surface area contributed by atoms with Crippen molar-refractivity contribution < 1.29 is 9.59 Å². The predicted octanol–water partition coefficient (Wildman–Crippen LogP) is 5.01. The van der Waals surface area contributed by atoms with Gasteiger partial charge in [0.25, 0.3) is 5.91 Å². The average Bonchev–Trinajstić information content (AvgIpc) is 3.60. The molecule has 0 bridgehead atoms. The van der Waals surface area contributed by atoms with E-state index >= 15 is 0 Å². The monoisotopic (exact) mass is 502 g/mol. The Bertz CT molecular complexity index is 1250. The molecule has 0 spiro atoms. The van der Waals surface area contributed by atoms with Crippen LogP contribution in [0.5, 0.6) is 0 Å². The van der Waals surface area contributed by atoms with Crippen molar-refractivity contribution in [2.24, 2.45) is 0 Å². The van der Waals surface area contributed by atoms with Crippen LogP contribution >= 0.6 is 11.3 Å². The van der Waals surface area contributed by atoms with Crippen LogP contribution in [0.4, 0.5) is 10.6 Å². The molecule has 1 aliphatic heterocycles. The van der Waals surface area contributed by atoms with Gasteiger partial charge < -0.3 is 10.2 Å². The smallest absolute Gasteiger partial charge is 0.323 e. The molecule has 1 aromatic carbocycles. The van der Waals surface area contributed by atoms with Crippen LogP contribution in [0.2, 0.25) is 0 Å². The fourth-order valence-electron chi connectivity index (χ4n) is 4.99. The quantitative estimate of drug-likeness (QED) is 0.427. The van der Waals surface area contributed by atoms with Crippen LogP contribution in [0.25, 0.3) is 11.3 Å². The SMILES string of the molecule is C#CC1(NC(=O)c2csc(C3CCN(C(=O)Nc4cc(-c5ccccc5)[nH]n4)CC3)n2)CCCCC1. The molecule has 0 atom stereocenters. The first-order chi connectivity index (χ1) is 17.5. The zero-order valence-electron chi connectivity index (χ0n) is 20.1. The van der Waals surface area contributed by atoms with Crippen molar-refractivity contribution in [1.29, 1.82) is 0 Å². The number of rotatable bonds is 5. The molecular weight excluding hydrogens is 472 g/mol. The highest BCUT2D eigenvalue weighted by molar-refractivity contribution is 7.09. The van der Waals surface area contributed by atoms with Crippen LogP contribution in [0.3, 0.4) is 0 Å². The number of aromatic amines is 1.